The van der Waals surface area contributed by atoms with E-state index in [9.17, 15) is 9.59 Å². The maximum absolute atomic E-state index is 10.1. The van der Waals surface area contributed by atoms with E-state index < -0.39 is 11.9 Å². The summed E-state index contributed by atoms with van der Waals surface area (Å²) in [6.45, 7) is 6.12. The van der Waals surface area contributed by atoms with Gasteiger partial charge in [0.05, 0.1) is 0 Å². The van der Waals surface area contributed by atoms with Gasteiger partial charge in [0.1, 0.15) is 0 Å². The number of allylic oxidation sites excluding steroid dienone is 1. The summed E-state index contributed by atoms with van der Waals surface area (Å²) in [5.41, 5.74) is 0.424. The number of methoxy groups -OCH3 is 1. The van der Waals surface area contributed by atoms with Crippen LogP contribution in [-0.4, -0.2) is 35.9 Å². The fraction of sp³-hybridized carbons (Fsp3) is 0.692. The molecule has 0 spiro atoms. The minimum absolute atomic E-state index is 0.241. The molecule has 5 heteroatoms. The molecule has 0 aromatic carbocycles. The van der Waals surface area contributed by atoms with Crippen LogP contribution in [0.2, 0.25) is 0 Å². The molecule has 0 aliphatic carbocycles. The van der Waals surface area contributed by atoms with Gasteiger partial charge in [-0.25, -0.2) is 4.79 Å². The standard InChI is InChI=1S/C7H14O3.C6H10O2/c1-6(5-10-2)3-4-7(8)9;1-3-4-5(2)6(7)8/h6H,3-5H2,1-2H3,(H,8,9);4H,3H2,1-2H3,(H,7,8)/b;5-4+. The van der Waals surface area contributed by atoms with Gasteiger partial charge < -0.3 is 14.9 Å². The second-order valence-corrected chi connectivity index (χ2v) is 4.09. The molecule has 0 aromatic heterocycles. The van der Waals surface area contributed by atoms with Crippen LogP contribution in [0.5, 0.6) is 0 Å². The van der Waals surface area contributed by atoms with Crippen LogP contribution in [0, 0.1) is 5.92 Å². The van der Waals surface area contributed by atoms with Gasteiger partial charge in [0.25, 0.3) is 0 Å². The van der Waals surface area contributed by atoms with E-state index in [4.69, 9.17) is 14.9 Å². The number of carboxylic acid groups (broad SMARTS) is 2. The average molecular weight is 260 g/mol. The summed E-state index contributed by atoms with van der Waals surface area (Å²) in [6.07, 6.45) is 3.41. The number of carbonyl (C=O) groups is 2. The van der Waals surface area contributed by atoms with E-state index >= 15 is 0 Å². The molecule has 0 aliphatic heterocycles. The van der Waals surface area contributed by atoms with E-state index in [1.165, 1.54) is 0 Å². The van der Waals surface area contributed by atoms with Gasteiger partial charge in [-0.1, -0.05) is 19.9 Å². The first-order valence-electron chi connectivity index (χ1n) is 5.95. The summed E-state index contributed by atoms with van der Waals surface area (Å²) in [7, 11) is 1.62. The molecule has 0 aliphatic rings. The Morgan fingerprint density at radius 2 is 1.89 bits per heavy atom. The number of rotatable bonds is 7. The Kier molecular flexibility index (Phi) is 12.8. The smallest absolute Gasteiger partial charge is 0.330 e. The number of hydrogen-bond donors (Lipinski definition) is 2. The first-order chi connectivity index (χ1) is 8.34. The van der Waals surface area contributed by atoms with Crippen LogP contribution in [0.1, 0.15) is 40.0 Å². The van der Waals surface area contributed by atoms with Crippen molar-refractivity contribution in [3.63, 3.8) is 0 Å². The first kappa shape index (κ1) is 19.0. The van der Waals surface area contributed by atoms with Crippen molar-refractivity contribution in [1.29, 1.82) is 0 Å². The Labute approximate surface area is 108 Å². The summed E-state index contributed by atoms with van der Waals surface area (Å²) in [6, 6.07) is 0. The molecule has 18 heavy (non-hydrogen) atoms. The molecule has 0 aromatic rings. The second kappa shape index (κ2) is 12.1. The molecule has 0 amide bonds. The van der Waals surface area contributed by atoms with E-state index in [2.05, 4.69) is 0 Å². The highest BCUT2D eigenvalue weighted by atomic mass is 16.5. The Hall–Kier alpha value is -1.36. The van der Waals surface area contributed by atoms with Crippen molar-refractivity contribution in [2.45, 2.75) is 40.0 Å². The lowest BCUT2D eigenvalue weighted by molar-refractivity contribution is -0.137. The van der Waals surface area contributed by atoms with Crippen molar-refractivity contribution >= 4 is 11.9 Å². The summed E-state index contributed by atoms with van der Waals surface area (Å²) < 4.78 is 4.84. The zero-order valence-corrected chi connectivity index (χ0v) is 11.6. The van der Waals surface area contributed by atoms with Gasteiger partial charge in [0.15, 0.2) is 0 Å². The molecule has 0 saturated heterocycles. The van der Waals surface area contributed by atoms with Crippen LogP contribution in [0.4, 0.5) is 0 Å². The lowest BCUT2D eigenvalue weighted by atomic mass is 10.1. The van der Waals surface area contributed by atoms with E-state index in [-0.39, 0.29) is 6.42 Å². The van der Waals surface area contributed by atoms with Crippen LogP contribution in [0.3, 0.4) is 0 Å². The quantitative estimate of drug-likeness (QED) is 0.687. The SMILES string of the molecule is CC/C=C(\C)C(=O)O.COCC(C)CCC(=O)O. The second-order valence-electron chi connectivity index (χ2n) is 4.09. The fourth-order valence-corrected chi connectivity index (χ4v) is 1.13. The van der Waals surface area contributed by atoms with Crippen LogP contribution in [0.15, 0.2) is 11.6 Å². The van der Waals surface area contributed by atoms with Gasteiger partial charge in [-0.15, -0.1) is 0 Å². The molecule has 0 rings (SSSR count). The van der Waals surface area contributed by atoms with Gasteiger partial charge in [0.2, 0.25) is 0 Å². The molecule has 0 bridgehead atoms. The Balaban J connectivity index is 0. The number of hydrogen-bond acceptors (Lipinski definition) is 3. The average Bonchev–Trinajstić information content (AvgIpc) is 2.28. The van der Waals surface area contributed by atoms with Crippen molar-refractivity contribution in [2.24, 2.45) is 5.92 Å². The summed E-state index contributed by atoms with van der Waals surface area (Å²) in [5.74, 6) is -1.21. The lowest BCUT2D eigenvalue weighted by Crippen LogP contribution is -2.06. The van der Waals surface area contributed by atoms with Gasteiger partial charge in [-0.05, 0) is 25.7 Å². The zero-order valence-electron chi connectivity index (χ0n) is 11.6. The first-order valence-corrected chi connectivity index (χ1v) is 5.95. The zero-order chi connectivity index (χ0) is 14.6. The summed E-state index contributed by atoms with van der Waals surface area (Å²) >= 11 is 0. The monoisotopic (exact) mass is 260 g/mol. The van der Waals surface area contributed by atoms with Crippen molar-refractivity contribution in [1.82, 2.24) is 0 Å². The molecule has 1 atom stereocenters. The van der Waals surface area contributed by atoms with Gasteiger partial charge >= 0.3 is 11.9 Å². The van der Waals surface area contributed by atoms with Crippen LogP contribution in [-0.2, 0) is 14.3 Å². The van der Waals surface area contributed by atoms with E-state index in [1.54, 1.807) is 20.1 Å². The Morgan fingerprint density at radius 3 is 2.17 bits per heavy atom. The molecule has 0 fully saturated rings. The number of ether oxygens (including phenoxy) is 1. The van der Waals surface area contributed by atoms with E-state index in [1.807, 2.05) is 13.8 Å². The molecule has 0 saturated carbocycles. The summed E-state index contributed by atoms with van der Waals surface area (Å²) in [4.78, 5) is 20.1. The van der Waals surface area contributed by atoms with Crippen molar-refractivity contribution < 1.29 is 24.5 Å². The third-order valence-corrected chi connectivity index (χ3v) is 2.15. The molecule has 1 unspecified atom stereocenters. The van der Waals surface area contributed by atoms with Crippen molar-refractivity contribution in [3.8, 4) is 0 Å². The van der Waals surface area contributed by atoms with Crippen LogP contribution < -0.4 is 0 Å². The topological polar surface area (TPSA) is 83.8 Å². The fourth-order valence-electron chi connectivity index (χ4n) is 1.13. The molecule has 0 heterocycles. The van der Waals surface area contributed by atoms with Gasteiger partial charge in [0, 0.05) is 25.7 Å². The highest BCUT2D eigenvalue weighted by Crippen LogP contribution is 2.04. The molecular formula is C13H24O5. The van der Waals surface area contributed by atoms with Crippen molar-refractivity contribution in [3.05, 3.63) is 11.6 Å². The largest absolute Gasteiger partial charge is 0.481 e. The summed E-state index contributed by atoms with van der Waals surface area (Å²) in [5, 5.41) is 16.5. The molecule has 106 valence electrons. The predicted molar refractivity (Wildman–Crippen MR) is 69.6 cm³/mol. The van der Waals surface area contributed by atoms with Gasteiger partial charge in [-0.2, -0.15) is 0 Å². The Bertz CT molecular complexity index is 271. The number of carboxylic acids is 2. The number of aliphatic carboxylic acids is 2. The predicted octanol–water partition coefficient (Wildman–Crippen LogP) is 2.56. The third-order valence-electron chi connectivity index (χ3n) is 2.15. The van der Waals surface area contributed by atoms with Crippen LogP contribution in [0.25, 0.3) is 0 Å². The maximum atomic E-state index is 10.1. The lowest BCUT2D eigenvalue weighted by Gasteiger charge is -2.06. The highest BCUT2D eigenvalue weighted by molar-refractivity contribution is 5.85. The van der Waals surface area contributed by atoms with E-state index in [0.717, 1.165) is 6.42 Å². The third kappa shape index (κ3) is 14.6. The highest BCUT2D eigenvalue weighted by Gasteiger charge is 2.03. The molecule has 5 nitrogen and oxygen atoms in total. The molecular weight excluding hydrogens is 236 g/mol. The molecule has 0 radical (unpaired) electrons. The van der Waals surface area contributed by atoms with E-state index in [0.29, 0.717) is 24.5 Å². The van der Waals surface area contributed by atoms with Crippen molar-refractivity contribution in [2.75, 3.05) is 13.7 Å². The minimum Gasteiger partial charge on any atom is -0.481 e. The minimum atomic E-state index is -0.827. The molecule has 2 N–H and O–H groups in total. The maximum Gasteiger partial charge on any atom is 0.330 e. The van der Waals surface area contributed by atoms with Crippen LogP contribution >= 0.6 is 0 Å². The van der Waals surface area contributed by atoms with Gasteiger partial charge in [-0.3, -0.25) is 4.79 Å². The normalized spacial score (nSPS) is 12.3. The Morgan fingerprint density at radius 1 is 1.33 bits per heavy atom.